The largest absolute Gasteiger partial charge is 0.482 e. The molecule has 0 aromatic heterocycles. The number of anilines is 2. The summed E-state index contributed by atoms with van der Waals surface area (Å²) in [5, 5.41) is 12.6. The molecule has 0 bridgehead atoms. The molecule has 3 aliphatic rings. The first-order chi connectivity index (χ1) is 14.2. The molecule has 2 unspecified atom stereocenters. The first-order valence-electron chi connectivity index (χ1n) is 9.84. The minimum Gasteiger partial charge on any atom is -0.482 e. The van der Waals surface area contributed by atoms with Crippen molar-refractivity contribution in [3.63, 3.8) is 0 Å². The highest BCUT2D eigenvalue weighted by Gasteiger charge is 2.35. The van der Waals surface area contributed by atoms with Gasteiger partial charge in [0.1, 0.15) is 23.6 Å². The Kier molecular flexibility index (Phi) is 4.22. The number of para-hydroxylation sites is 3. The highest BCUT2D eigenvalue weighted by atomic mass is 16.5. The van der Waals surface area contributed by atoms with Crippen LogP contribution in [0.15, 0.2) is 90.7 Å². The van der Waals surface area contributed by atoms with Crippen molar-refractivity contribution in [3.8, 4) is 11.8 Å². The first-order valence-corrected chi connectivity index (χ1v) is 9.84. The molecule has 0 spiro atoms. The van der Waals surface area contributed by atoms with Crippen molar-refractivity contribution in [2.75, 3.05) is 4.90 Å². The molecule has 29 heavy (non-hydrogen) atoms. The predicted molar refractivity (Wildman–Crippen MR) is 116 cm³/mol. The van der Waals surface area contributed by atoms with Gasteiger partial charge in [0.25, 0.3) is 0 Å². The zero-order valence-electron chi connectivity index (χ0n) is 16.1. The SMILES string of the molecule is CC1C=C(c2ccccc2N2c3ccccc3O[C@H]3C=CC=CC32)C=C(C#N)N1. The van der Waals surface area contributed by atoms with Crippen LogP contribution in [-0.4, -0.2) is 18.2 Å². The molecular formula is C25H21N3O. The van der Waals surface area contributed by atoms with Gasteiger partial charge in [0, 0.05) is 17.3 Å². The molecule has 2 aliphatic heterocycles. The van der Waals surface area contributed by atoms with Crippen LogP contribution in [0.2, 0.25) is 0 Å². The topological polar surface area (TPSA) is 48.3 Å². The quantitative estimate of drug-likeness (QED) is 0.809. The molecule has 1 N–H and O–H groups in total. The van der Waals surface area contributed by atoms with Crippen molar-refractivity contribution in [1.82, 2.24) is 5.32 Å². The van der Waals surface area contributed by atoms with E-state index in [9.17, 15) is 5.26 Å². The molecule has 4 nitrogen and oxygen atoms in total. The number of fused-ring (bicyclic) bond motifs is 2. The number of dihydropyridines is 1. The van der Waals surface area contributed by atoms with Gasteiger partial charge in [0.2, 0.25) is 0 Å². The van der Waals surface area contributed by atoms with Crippen LogP contribution in [0.4, 0.5) is 11.4 Å². The van der Waals surface area contributed by atoms with Crippen LogP contribution in [-0.2, 0) is 0 Å². The molecule has 2 heterocycles. The maximum absolute atomic E-state index is 9.42. The monoisotopic (exact) mass is 379 g/mol. The second-order valence-corrected chi connectivity index (χ2v) is 7.42. The summed E-state index contributed by atoms with van der Waals surface area (Å²) in [5.74, 6) is 0.879. The van der Waals surface area contributed by atoms with Crippen LogP contribution < -0.4 is 15.0 Å². The molecule has 0 amide bonds. The number of hydrogen-bond donors (Lipinski definition) is 1. The molecule has 2 aromatic rings. The number of rotatable bonds is 2. The summed E-state index contributed by atoms with van der Waals surface area (Å²) in [7, 11) is 0. The molecule has 0 radical (unpaired) electrons. The van der Waals surface area contributed by atoms with Crippen molar-refractivity contribution in [1.29, 1.82) is 5.26 Å². The van der Waals surface area contributed by atoms with E-state index in [4.69, 9.17) is 4.74 Å². The fraction of sp³-hybridized carbons (Fsp3) is 0.160. The summed E-state index contributed by atoms with van der Waals surface area (Å²) >= 11 is 0. The van der Waals surface area contributed by atoms with Crippen molar-refractivity contribution in [2.45, 2.75) is 25.1 Å². The van der Waals surface area contributed by atoms with Crippen molar-refractivity contribution in [2.24, 2.45) is 0 Å². The summed E-state index contributed by atoms with van der Waals surface area (Å²) in [6.45, 7) is 2.06. The van der Waals surface area contributed by atoms with Gasteiger partial charge in [0.05, 0.1) is 11.7 Å². The van der Waals surface area contributed by atoms with Gasteiger partial charge in [-0.2, -0.15) is 5.26 Å². The lowest BCUT2D eigenvalue weighted by Crippen LogP contribution is -2.46. The Bertz CT molecular complexity index is 1120. The Labute approximate surface area is 170 Å². The fourth-order valence-electron chi connectivity index (χ4n) is 4.23. The van der Waals surface area contributed by atoms with Crippen molar-refractivity contribution >= 4 is 16.9 Å². The molecular weight excluding hydrogens is 358 g/mol. The molecule has 0 saturated heterocycles. The fourth-order valence-corrected chi connectivity index (χ4v) is 4.23. The second-order valence-electron chi connectivity index (χ2n) is 7.42. The van der Waals surface area contributed by atoms with Gasteiger partial charge in [-0.1, -0.05) is 54.6 Å². The Morgan fingerprint density at radius 3 is 2.62 bits per heavy atom. The minimum absolute atomic E-state index is 0.0471. The van der Waals surface area contributed by atoms with E-state index in [-0.39, 0.29) is 18.2 Å². The maximum Gasteiger partial charge on any atom is 0.144 e. The number of ether oxygens (including phenoxy) is 1. The molecule has 142 valence electrons. The Hall–Kier alpha value is -3.71. The number of allylic oxidation sites excluding steroid dienone is 5. The molecule has 2 aromatic carbocycles. The normalized spacial score (nSPS) is 24.3. The van der Waals surface area contributed by atoms with E-state index in [0.717, 1.165) is 28.3 Å². The zero-order chi connectivity index (χ0) is 19.8. The molecule has 1 aliphatic carbocycles. The van der Waals surface area contributed by atoms with Gasteiger partial charge in [0.15, 0.2) is 0 Å². The number of benzene rings is 2. The van der Waals surface area contributed by atoms with Gasteiger partial charge in [-0.3, -0.25) is 0 Å². The molecule has 5 rings (SSSR count). The minimum atomic E-state index is -0.0471. The summed E-state index contributed by atoms with van der Waals surface area (Å²) in [5.41, 5.74) is 4.90. The third-order valence-electron chi connectivity index (χ3n) is 5.45. The van der Waals surface area contributed by atoms with Gasteiger partial charge in [-0.05, 0) is 42.8 Å². The van der Waals surface area contributed by atoms with Crippen LogP contribution in [0.3, 0.4) is 0 Å². The number of nitriles is 1. The third-order valence-corrected chi connectivity index (χ3v) is 5.45. The second kappa shape index (κ2) is 7.03. The average molecular weight is 379 g/mol. The van der Waals surface area contributed by atoms with E-state index < -0.39 is 0 Å². The van der Waals surface area contributed by atoms with E-state index in [1.165, 1.54) is 0 Å². The summed E-state index contributed by atoms with van der Waals surface area (Å²) in [6, 6.07) is 19.0. The highest BCUT2D eigenvalue weighted by Crippen LogP contribution is 2.45. The standard InChI is InChI=1S/C25H21N3O/c1-17-14-18(15-19(16-26)27-17)20-8-2-3-9-21(20)28-22-10-4-6-12-24(22)29-25-13-7-5-11-23(25)28/h2-15,17,22,24,27H,1H3/t17?,22?,24-/m0/s1. The van der Waals surface area contributed by atoms with Crippen LogP contribution in [0.5, 0.6) is 5.75 Å². The van der Waals surface area contributed by atoms with Crippen LogP contribution in [0, 0.1) is 11.3 Å². The van der Waals surface area contributed by atoms with E-state index in [1.54, 1.807) is 0 Å². The molecule has 0 saturated carbocycles. The van der Waals surface area contributed by atoms with E-state index in [1.807, 2.05) is 36.4 Å². The van der Waals surface area contributed by atoms with Crippen LogP contribution in [0.25, 0.3) is 5.57 Å². The van der Waals surface area contributed by atoms with Crippen LogP contribution >= 0.6 is 0 Å². The summed E-state index contributed by atoms with van der Waals surface area (Å²) in [6.07, 6.45) is 12.5. The van der Waals surface area contributed by atoms with Crippen LogP contribution in [0.1, 0.15) is 12.5 Å². The van der Waals surface area contributed by atoms with Crippen molar-refractivity contribution in [3.05, 3.63) is 96.2 Å². The molecule has 0 fully saturated rings. The number of nitrogens with zero attached hydrogens (tertiary/aromatic N) is 2. The maximum atomic E-state index is 9.42. The van der Waals surface area contributed by atoms with Gasteiger partial charge < -0.3 is 15.0 Å². The first kappa shape index (κ1) is 17.4. The molecule has 3 atom stereocenters. The smallest absolute Gasteiger partial charge is 0.144 e. The Balaban J connectivity index is 1.69. The summed E-state index contributed by atoms with van der Waals surface area (Å²) in [4.78, 5) is 2.35. The van der Waals surface area contributed by atoms with Gasteiger partial charge >= 0.3 is 0 Å². The predicted octanol–water partition coefficient (Wildman–Crippen LogP) is 4.86. The third kappa shape index (κ3) is 3.01. The summed E-state index contributed by atoms with van der Waals surface area (Å²) < 4.78 is 6.27. The number of hydrogen-bond acceptors (Lipinski definition) is 4. The lowest BCUT2D eigenvalue weighted by atomic mass is 9.94. The number of nitrogens with one attached hydrogen (secondary N) is 1. The van der Waals surface area contributed by atoms with Crippen molar-refractivity contribution < 1.29 is 4.74 Å². The lowest BCUT2D eigenvalue weighted by Gasteiger charge is -2.43. The highest BCUT2D eigenvalue weighted by molar-refractivity contribution is 5.88. The van der Waals surface area contributed by atoms with E-state index in [2.05, 4.69) is 71.8 Å². The molecule has 4 heteroatoms. The Morgan fingerprint density at radius 2 is 1.76 bits per heavy atom. The van der Waals surface area contributed by atoms with Gasteiger partial charge in [-0.15, -0.1) is 0 Å². The average Bonchev–Trinajstić information content (AvgIpc) is 2.77. The van der Waals surface area contributed by atoms with Gasteiger partial charge in [-0.25, -0.2) is 0 Å². The van der Waals surface area contributed by atoms with E-state index >= 15 is 0 Å². The zero-order valence-corrected chi connectivity index (χ0v) is 16.1. The van der Waals surface area contributed by atoms with E-state index in [0.29, 0.717) is 5.70 Å². The lowest BCUT2D eigenvalue weighted by molar-refractivity contribution is 0.218. The Morgan fingerprint density at radius 1 is 1.00 bits per heavy atom.